The van der Waals surface area contributed by atoms with Gasteiger partial charge in [-0.1, -0.05) is 404 Å². The molecule has 1 heterocycles. The molecule has 14 aromatic rings. The van der Waals surface area contributed by atoms with Crippen molar-refractivity contribution in [2.45, 2.75) is 289 Å². The minimum Gasteiger partial charge on any atom is -0.455 e. The minimum atomic E-state index is -0.268. The third-order valence-corrected chi connectivity index (χ3v) is 32.0. The predicted octanol–water partition coefficient (Wildman–Crippen LogP) is 35.2. The van der Waals surface area contributed by atoms with Gasteiger partial charge in [-0.25, -0.2) is 0 Å². The second-order valence-corrected chi connectivity index (χ2v) is 40.7. The molecule has 0 N–H and O–H groups in total. The molecule has 0 bridgehead atoms. The van der Waals surface area contributed by atoms with Crippen LogP contribution in [0.25, 0.3) is 122 Å². The highest BCUT2D eigenvalue weighted by Crippen LogP contribution is 2.66. The summed E-state index contributed by atoms with van der Waals surface area (Å²) in [4.78, 5) is 0. The van der Waals surface area contributed by atoms with E-state index in [0.717, 1.165) is 43.3 Å². The quantitative estimate of drug-likeness (QED) is 0.0383. The van der Waals surface area contributed by atoms with Crippen LogP contribution in [0.15, 0.2) is 241 Å². The van der Waals surface area contributed by atoms with Crippen molar-refractivity contribution >= 4 is 21.9 Å². The van der Waals surface area contributed by atoms with Crippen molar-refractivity contribution < 1.29 is 4.42 Å². The summed E-state index contributed by atoms with van der Waals surface area (Å²) in [5.74, 6) is 0.248. The molecule has 628 valence electrons. The first-order chi connectivity index (χ1) is 60.4. The average molecular weight is 1620 g/mol. The van der Waals surface area contributed by atoms with Gasteiger partial charge in [0.05, 0.1) is 0 Å². The molecule has 0 fully saturated rings. The van der Waals surface area contributed by atoms with Crippen molar-refractivity contribution in [3.8, 4) is 100 Å². The van der Waals surface area contributed by atoms with Crippen LogP contribution in [0.5, 0.6) is 0 Å². The van der Waals surface area contributed by atoms with Crippen LogP contribution in [0.3, 0.4) is 0 Å². The fourth-order valence-corrected chi connectivity index (χ4v) is 25.7. The number of rotatable bonds is 32. The monoisotopic (exact) mass is 1620 g/mol. The van der Waals surface area contributed by atoms with Gasteiger partial charge in [0.25, 0.3) is 0 Å². The topological polar surface area (TPSA) is 13.1 Å². The van der Waals surface area contributed by atoms with Crippen molar-refractivity contribution in [1.82, 2.24) is 0 Å². The zero-order valence-electron chi connectivity index (χ0n) is 76.6. The minimum absolute atomic E-state index is 0.0502. The molecule has 13 aromatic carbocycles. The van der Waals surface area contributed by atoms with Gasteiger partial charge in [-0.3, -0.25) is 0 Å². The first kappa shape index (κ1) is 82.0. The second-order valence-electron chi connectivity index (χ2n) is 40.7. The molecule has 1 nitrogen and oxygen atoms in total. The number of hydrogen-bond acceptors (Lipinski definition) is 1. The number of benzene rings is 13. The molecule has 6 aliphatic carbocycles. The Morgan fingerprint density at radius 1 is 0.298 bits per heavy atom. The molecule has 1 aromatic heterocycles. The van der Waals surface area contributed by atoms with Crippen molar-refractivity contribution in [3.05, 3.63) is 331 Å². The van der Waals surface area contributed by atoms with Crippen LogP contribution in [-0.4, -0.2) is 0 Å². The lowest BCUT2D eigenvalue weighted by Gasteiger charge is -2.34. The summed E-state index contributed by atoms with van der Waals surface area (Å²) in [6, 6.07) is 94.9. The molecule has 0 aliphatic heterocycles. The molecule has 20 rings (SSSR count). The lowest BCUT2D eigenvalue weighted by atomic mass is 9.69. The van der Waals surface area contributed by atoms with Gasteiger partial charge >= 0.3 is 0 Å². The third-order valence-electron chi connectivity index (χ3n) is 32.0. The van der Waals surface area contributed by atoms with E-state index in [-0.39, 0.29) is 33.0 Å². The lowest BCUT2D eigenvalue weighted by Crippen LogP contribution is -2.26. The average Bonchev–Trinajstić information content (AvgIpc) is 1.50. The number of unbranched alkanes of at least 4 members (excludes halogenated alkanes) is 16. The Labute approximate surface area is 742 Å². The summed E-state index contributed by atoms with van der Waals surface area (Å²) in [6.07, 6.45) is 33.4. The van der Waals surface area contributed by atoms with Gasteiger partial charge in [0.2, 0.25) is 0 Å². The van der Waals surface area contributed by atoms with Gasteiger partial charge < -0.3 is 4.42 Å². The van der Waals surface area contributed by atoms with Gasteiger partial charge in [0.1, 0.15) is 11.2 Å². The summed E-state index contributed by atoms with van der Waals surface area (Å²) in [5, 5.41) is 2.47. The zero-order chi connectivity index (χ0) is 85.0. The van der Waals surface area contributed by atoms with Crippen LogP contribution in [0.4, 0.5) is 0 Å². The number of fused-ring (bicyclic) bond motifs is 25. The first-order valence-corrected chi connectivity index (χ1v) is 48.8. The van der Waals surface area contributed by atoms with Crippen LogP contribution in [0.1, 0.15) is 324 Å². The molecule has 0 spiro atoms. The molecular formula is C123H130O. The summed E-state index contributed by atoms with van der Waals surface area (Å²) >= 11 is 0. The maximum Gasteiger partial charge on any atom is 0.144 e. The van der Waals surface area contributed by atoms with Gasteiger partial charge in [0, 0.05) is 43.4 Å². The van der Waals surface area contributed by atoms with E-state index >= 15 is 0 Å². The van der Waals surface area contributed by atoms with Crippen molar-refractivity contribution in [2.24, 2.45) is 0 Å². The van der Waals surface area contributed by atoms with Crippen LogP contribution >= 0.6 is 0 Å². The highest BCUT2D eigenvalue weighted by atomic mass is 16.3. The second kappa shape index (κ2) is 32.9. The number of hydrogen-bond donors (Lipinski definition) is 0. The van der Waals surface area contributed by atoms with Crippen LogP contribution in [-0.2, 0) is 46.3 Å². The van der Waals surface area contributed by atoms with E-state index in [9.17, 15) is 0 Å². The normalized spacial score (nSPS) is 15.5. The van der Waals surface area contributed by atoms with E-state index in [1.165, 1.54) is 324 Å². The fraction of sp³-hybridized carbons (Fsp3) is 0.366. The van der Waals surface area contributed by atoms with Crippen molar-refractivity contribution in [1.29, 1.82) is 0 Å². The zero-order valence-corrected chi connectivity index (χ0v) is 76.6. The van der Waals surface area contributed by atoms with E-state index in [0.29, 0.717) is 0 Å². The predicted molar refractivity (Wildman–Crippen MR) is 529 cm³/mol. The van der Waals surface area contributed by atoms with Gasteiger partial charge in [-0.2, -0.15) is 0 Å². The molecule has 124 heavy (non-hydrogen) atoms. The number of furan rings is 1. The highest BCUT2D eigenvalue weighted by Gasteiger charge is 2.51. The lowest BCUT2D eigenvalue weighted by molar-refractivity contribution is 0.398. The number of para-hydroxylation sites is 1. The standard InChI is InChI=1S/C123H130O/c1-13-17-21-25-37-66-122(67-38-26-22-18-14-2)102-50-35-31-46-91(102)94-65-60-87(77-107(94)122)86-59-64-93-92-63-58-85(75-104(92)119(7,8)105(93)76-86)83-54-56-84(57-55-83)99-78-108-112(111-90-45-30-29-44-88(90)74-100(99)111)97-62-53-82(73-106(97)123(108,68-39-27-23-19-15-3)69-40-28-24-20-16-4)71-89(110-79(5)42-41-43-80(110)6)70-81-52-61-96-103(72-81)121(11,12)116-113(96)114-98-48-33-36-51-109(98)124-118(114)115-95-47-32-34-49-101(95)120(9,10)117(115)116/h29-36,41-65,72-73,75-78,89H,13-28,37-40,66-71,74H2,1-12H3. The molecule has 6 aliphatic rings. The van der Waals surface area contributed by atoms with Gasteiger partial charge in [0.15, 0.2) is 0 Å². The first-order valence-electron chi connectivity index (χ1n) is 48.8. The molecule has 0 saturated heterocycles. The van der Waals surface area contributed by atoms with Crippen LogP contribution < -0.4 is 0 Å². The van der Waals surface area contributed by atoms with Crippen LogP contribution in [0.2, 0.25) is 0 Å². The summed E-state index contributed by atoms with van der Waals surface area (Å²) < 4.78 is 7.12. The van der Waals surface area contributed by atoms with E-state index in [1.807, 2.05) is 0 Å². The summed E-state index contributed by atoms with van der Waals surface area (Å²) in [7, 11) is 0. The Balaban J connectivity index is 0.649. The maximum atomic E-state index is 7.12. The van der Waals surface area contributed by atoms with Gasteiger partial charge in [-0.05, 0) is 284 Å². The molecule has 1 atom stereocenters. The van der Waals surface area contributed by atoms with Crippen molar-refractivity contribution in [2.75, 3.05) is 0 Å². The van der Waals surface area contributed by atoms with E-state index in [2.05, 4.69) is 320 Å². The van der Waals surface area contributed by atoms with Gasteiger partial charge in [-0.15, -0.1) is 0 Å². The van der Waals surface area contributed by atoms with Crippen molar-refractivity contribution in [3.63, 3.8) is 0 Å². The molecule has 0 radical (unpaired) electrons. The van der Waals surface area contributed by atoms with E-state index in [4.69, 9.17) is 4.42 Å². The highest BCUT2D eigenvalue weighted by molar-refractivity contribution is 6.21. The molecular weight excluding hydrogens is 1490 g/mol. The Bertz CT molecular complexity index is 6420. The molecule has 0 amide bonds. The molecule has 1 heteroatoms. The van der Waals surface area contributed by atoms with E-state index < -0.39 is 0 Å². The summed E-state index contributed by atoms with van der Waals surface area (Å²) in [5.41, 5.74) is 51.3. The Morgan fingerprint density at radius 2 is 0.718 bits per heavy atom. The molecule has 0 saturated carbocycles. The Kier molecular flexibility index (Phi) is 21.7. The fourth-order valence-electron chi connectivity index (χ4n) is 25.7. The summed E-state index contributed by atoms with van der Waals surface area (Å²) in [6.45, 7) is 29.1. The smallest absolute Gasteiger partial charge is 0.144 e. The SMILES string of the molecule is CCCCCCCC1(CCCCCCC)c2ccccc2-c2ccc(-c3ccc4c(c3)C(C)(C)c3cc(-c5ccc(-c6cc7c(c8c6Cc6ccccc6-8)-c6ccc(CC(Cc8ccc9c(c8)C(C)(C)c8c%10c(c%11oc%12ccccc%12c%11c8-9)-c8ccccc8C%10(C)C)c8c(C)cccc8C)cc6C7(CCCCCCC)CCCCCCC)cc5)ccc3-4)cc21. The Morgan fingerprint density at radius 3 is 1.31 bits per heavy atom. The molecule has 1 unspecified atom stereocenters. The van der Waals surface area contributed by atoms with E-state index in [1.54, 1.807) is 22.3 Å². The third kappa shape index (κ3) is 13.5. The Hall–Kier alpha value is -10.3. The maximum absolute atomic E-state index is 7.12. The van der Waals surface area contributed by atoms with Crippen LogP contribution in [0, 0.1) is 13.8 Å². The number of aryl methyl sites for hydroxylation is 2. The largest absolute Gasteiger partial charge is 0.455 e.